The highest BCUT2D eigenvalue weighted by molar-refractivity contribution is 9.10. The molecule has 0 radical (unpaired) electrons. The first-order valence-corrected chi connectivity index (χ1v) is 6.56. The van der Waals surface area contributed by atoms with Gasteiger partial charge in [-0.2, -0.15) is 0 Å². The molecule has 0 spiro atoms. The lowest BCUT2D eigenvalue weighted by atomic mass is 10.2. The fraction of sp³-hybridized carbons (Fsp3) is 0.417. The molecule has 1 N–H and O–H groups in total. The number of benzene rings is 1. The summed E-state index contributed by atoms with van der Waals surface area (Å²) in [6.07, 6.45) is 0. The minimum atomic E-state index is 0.0519. The maximum absolute atomic E-state index is 11.6. The van der Waals surface area contributed by atoms with E-state index < -0.39 is 0 Å². The third kappa shape index (κ3) is 3.89. The van der Waals surface area contributed by atoms with Crippen LogP contribution in [0.5, 0.6) is 0 Å². The average molecular weight is 320 g/mol. The van der Waals surface area contributed by atoms with Crippen molar-refractivity contribution in [3.8, 4) is 0 Å². The average Bonchev–Trinajstić information content (AvgIpc) is 2.30. The van der Waals surface area contributed by atoms with Gasteiger partial charge in [0.25, 0.3) is 0 Å². The van der Waals surface area contributed by atoms with Gasteiger partial charge in [0.2, 0.25) is 5.91 Å². The van der Waals surface area contributed by atoms with Gasteiger partial charge in [0.05, 0.1) is 12.2 Å². The first-order chi connectivity index (χ1) is 7.95. The van der Waals surface area contributed by atoms with Gasteiger partial charge in [-0.15, -0.1) is 0 Å². The second-order valence-electron chi connectivity index (χ2n) is 3.84. The van der Waals surface area contributed by atoms with Gasteiger partial charge in [0.15, 0.2) is 0 Å². The summed E-state index contributed by atoms with van der Waals surface area (Å²) < 4.78 is 0.909. The van der Waals surface area contributed by atoms with Crippen molar-refractivity contribution < 1.29 is 4.79 Å². The Morgan fingerprint density at radius 3 is 2.76 bits per heavy atom. The van der Waals surface area contributed by atoms with Crippen molar-refractivity contribution in [1.82, 2.24) is 4.90 Å². The number of anilines is 1. The molecule has 0 heterocycles. The Labute approximate surface area is 115 Å². The summed E-state index contributed by atoms with van der Waals surface area (Å²) in [5.41, 5.74) is 1.83. The minimum Gasteiger partial charge on any atom is -0.375 e. The van der Waals surface area contributed by atoms with E-state index in [1.807, 2.05) is 26.0 Å². The molecule has 0 aliphatic carbocycles. The van der Waals surface area contributed by atoms with Crippen LogP contribution in [0.25, 0.3) is 0 Å². The zero-order valence-electron chi connectivity index (χ0n) is 10.2. The maximum Gasteiger partial charge on any atom is 0.241 e. The van der Waals surface area contributed by atoms with E-state index in [-0.39, 0.29) is 12.5 Å². The van der Waals surface area contributed by atoms with Crippen molar-refractivity contribution in [2.24, 2.45) is 0 Å². The number of carbonyl (C=O) groups is 1. The predicted molar refractivity (Wildman–Crippen MR) is 75.7 cm³/mol. The molecule has 1 amide bonds. The van der Waals surface area contributed by atoms with Crippen molar-refractivity contribution >= 4 is 39.1 Å². The Kier molecular flexibility index (Phi) is 5.28. The van der Waals surface area contributed by atoms with E-state index in [1.54, 1.807) is 11.9 Å². The van der Waals surface area contributed by atoms with Crippen molar-refractivity contribution in [2.75, 3.05) is 25.5 Å². The first-order valence-electron chi connectivity index (χ1n) is 5.39. The van der Waals surface area contributed by atoms with Crippen LogP contribution in [-0.2, 0) is 4.79 Å². The third-order valence-electron chi connectivity index (χ3n) is 2.58. The molecule has 1 aromatic carbocycles. The lowest BCUT2D eigenvalue weighted by Gasteiger charge is -2.16. The van der Waals surface area contributed by atoms with Crippen molar-refractivity contribution in [1.29, 1.82) is 0 Å². The molecule has 1 aromatic rings. The SMILES string of the molecule is CCN(C)C(=O)CNc1cc(Cl)c(C)cc1Br. The first kappa shape index (κ1) is 14.3. The molecule has 0 bridgehead atoms. The summed E-state index contributed by atoms with van der Waals surface area (Å²) in [5.74, 6) is 0.0519. The number of nitrogens with zero attached hydrogens (tertiary/aromatic N) is 1. The molecule has 0 fully saturated rings. The van der Waals surface area contributed by atoms with Crippen molar-refractivity contribution in [3.05, 3.63) is 27.2 Å². The number of rotatable bonds is 4. The molecule has 94 valence electrons. The Morgan fingerprint density at radius 1 is 1.53 bits per heavy atom. The molecule has 5 heteroatoms. The predicted octanol–water partition coefficient (Wildman–Crippen LogP) is 3.30. The topological polar surface area (TPSA) is 32.3 Å². The lowest BCUT2D eigenvalue weighted by molar-refractivity contribution is -0.127. The Balaban J connectivity index is 2.70. The van der Waals surface area contributed by atoms with Crippen molar-refractivity contribution in [3.63, 3.8) is 0 Å². The third-order valence-corrected chi connectivity index (χ3v) is 3.64. The number of hydrogen-bond donors (Lipinski definition) is 1. The van der Waals surface area contributed by atoms with Gasteiger partial charge in [-0.05, 0) is 47.5 Å². The largest absolute Gasteiger partial charge is 0.375 e. The number of amides is 1. The number of carbonyl (C=O) groups excluding carboxylic acids is 1. The molecule has 0 aliphatic rings. The van der Waals surface area contributed by atoms with Crippen LogP contribution in [0.15, 0.2) is 16.6 Å². The van der Waals surface area contributed by atoms with Crippen LogP contribution in [0.1, 0.15) is 12.5 Å². The number of halogens is 2. The molecule has 0 atom stereocenters. The zero-order chi connectivity index (χ0) is 13.0. The number of aryl methyl sites for hydroxylation is 1. The Hall–Kier alpha value is -0.740. The van der Waals surface area contributed by atoms with E-state index >= 15 is 0 Å². The smallest absolute Gasteiger partial charge is 0.241 e. The lowest BCUT2D eigenvalue weighted by Crippen LogP contribution is -2.31. The van der Waals surface area contributed by atoms with Gasteiger partial charge < -0.3 is 10.2 Å². The quantitative estimate of drug-likeness (QED) is 0.923. The van der Waals surface area contributed by atoms with Crippen LogP contribution in [0.3, 0.4) is 0 Å². The van der Waals surface area contributed by atoms with Gasteiger partial charge in [-0.25, -0.2) is 0 Å². The van der Waals surface area contributed by atoms with E-state index in [0.717, 1.165) is 15.7 Å². The molecule has 0 aliphatic heterocycles. The fourth-order valence-corrected chi connectivity index (χ4v) is 2.03. The Morgan fingerprint density at radius 2 is 2.18 bits per heavy atom. The molecule has 3 nitrogen and oxygen atoms in total. The van der Waals surface area contributed by atoms with Crippen LogP contribution in [0, 0.1) is 6.92 Å². The summed E-state index contributed by atoms with van der Waals surface area (Å²) in [7, 11) is 1.78. The molecule has 17 heavy (non-hydrogen) atoms. The number of nitrogens with one attached hydrogen (secondary N) is 1. The van der Waals surface area contributed by atoms with E-state index in [4.69, 9.17) is 11.6 Å². The standard InChI is InChI=1S/C12H16BrClN2O/c1-4-16(3)12(17)7-15-11-6-10(14)8(2)5-9(11)13/h5-6,15H,4,7H2,1-3H3. The van der Waals surface area contributed by atoms with Crippen LogP contribution in [-0.4, -0.2) is 30.9 Å². The summed E-state index contributed by atoms with van der Waals surface area (Å²) in [6, 6.07) is 3.75. The summed E-state index contributed by atoms with van der Waals surface area (Å²) in [4.78, 5) is 13.3. The second-order valence-corrected chi connectivity index (χ2v) is 5.10. The Bertz CT molecular complexity index is 423. The van der Waals surface area contributed by atoms with Gasteiger partial charge in [0.1, 0.15) is 0 Å². The van der Waals surface area contributed by atoms with Crippen molar-refractivity contribution in [2.45, 2.75) is 13.8 Å². The molecule has 0 saturated carbocycles. The highest BCUT2D eigenvalue weighted by atomic mass is 79.9. The molecular weight excluding hydrogens is 304 g/mol. The van der Waals surface area contributed by atoms with Crippen LogP contribution >= 0.6 is 27.5 Å². The van der Waals surface area contributed by atoms with E-state index in [0.29, 0.717) is 11.6 Å². The molecule has 0 saturated heterocycles. The zero-order valence-corrected chi connectivity index (χ0v) is 12.5. The minimum absolute atomic E-state index is 0.0519. The number of hydrogen-bond acceptors (Lipinski definition) is 2. The molecule has 0 aromatic heterocycles. The van der Waals surface area contributed by atoms with Gasteiger partial charge >= 0.3 is 0 Å². The summed E-state index contributed by atoms with van der Waals surface area (Å²) >= 11 is 9.47. The van der Waals surface area contributed by atoms with Gasteiger partial charge in [-0.1, -0.05) is 11.6 Å². The van der Waals surface area contributed by atoms with Gasteiger partial charge in [-0.3, -0.25) is 4.79 Å². The summed E-state index contributed by atoms with van der Waals surface area (Å²) in [5, 5.41) is 3.76. The van der Waals surface area contributed by atoms with E-state index in [1.165, 1.54) is 0 Å². The fourth-order valence-electron chi connectivity index (χ4n) is 1.26. The molecule has 1 rings (SSSR count). The maximum atomic E-state index is 11.6. The number of likely N-dealkylation sites (N-methyl/N-ethyl adjacent to an activating group) is 1. The van der Waals surface area contributed by atoms with E-state index in [9.17, 15) is 4.79 Å². The highest BCUT2D eigenvalue weighted by Gasteiger charge is 2.08. The summed E-state index contributed by atoms with van der Waals surface area (Å²) in [6.45, 7) is 4.85. The van der Waals surface area contributed by atoms with Crippen LogP contribution in [0.2, 0.25) is 5.02 Å². The van der Waals surface area contributed by atoms with Gasteiger partial charge in [0, 0.05) is 23.1 Å². The van der Waals surface area contributed by atoms with Crippen LogP contribution < -0.4 is 5.32 Å². The highest BCUT2D eigenvalue weighted by Crippen LogP contribution is 2.28. The normalized spacial score (nSPS) is 10.2. The molecular formula is C12H16BrClN2O. The molecule has 0 unspecified atom stereocenters. The van der Waals surface area contributed by atoms with E-state index in [2.05, 4.69) is 21.2 Å². The monoisotopic (exact) mass is 318 g/mol. The van der Waals surface area contributed by atoms with Crippen LogP contribution in [0.4, 0.5) is 5.69 Å². The second kappa shape index (κ2) is 6.26.